The molecule has 1 aliphatic heterocycles. The number of hydrogen-bond donors (Lipinski definition) is 0. The van der Waals surface area contributed by atoms with E-state index in [1.54, 1.807) is 20.8 Å². The summed E-state index contributed by atoms with van der Waals surface area (Å²) in [5.74, 6) is -4.22. The lowest BCUT2D eigenvalue weighted by Crippen LogP contribution is -2.57. The maximum atomic E-state index is 13.8. The van der Waals surface area contributed by atoms with Gasteiger partial charge in [0.25, 0.3) is 5.92 Å². The summed E-state index contributed by atoms with van der Waals surface area (Å²) in [6.07, 6.45) is -1.18. The van der Waals surface area contributed by atoms with Crippen molar-refractivity contribution in [2.75, 3.05) is 7.11 Å². The smallest absolute Gasteiger partial charge is 0.411 e. The van der Waals surface area contributed by atoms with Gasteiger partial charge in [-0.1, -0.05) is 0 Å². The summed E-state index contributed by atoms with van der Waals surface area (Å²) in [6, 6.07) is -2.26. The SMILES string of the molecule is COC(=O)[C@@H]1[C@H]2CC(N1C(=O)OC(C)(C)C)C(F)(F)C2. The van der Waals surface area contributed by atoms with E-state index < -0.39 is 48.0 Å². The summed E-state index contributed by atoms with van der Waals surface area (Å²) >= 11 is 0. The van der Waals surface area contributed by atoms with Gasteiger partial charge in [0.05, 0.1) is 13.2 Å². The Morgan fingerprint density at radius 3 is 2.40 bits per heavy atom. The number of rotatable bonds is 1. The van der Waals surface area contributed by atoms with Crippen molar-refractivity contribution in [2.45, 2.75) is 57.2 Å². The Kier molecular flexibility index (Phi) is 3.42. The topological polar surface area (TPSA) is 55.8 Å². The lowest BCUT2D eigenvalue weighted by molar-refractivity contribution is -0.155. The maximum absolute atomic E-state index is 13.8. The number of piperidine rings is 1. The molecule has 1 aliphatic carbocycles. The minimum atomic E-state index is -2.98. The minimum absolute atomic E-state index is 0.103. The van der Waals surface area contributed by atoms with E-state index in [9.17, 15) is 18.4 Å². The third kappa shape index (κ3) is 2.45. The van der Waals surface area contributed by atoms with Crippen LogP contribution in [-0.2, 0) is 14.3 Å². The number of nitrogens with zero attached hydrogens (tertiary/aromatic N) is 1. The quantitative estimate of drug-likeness (QED) is 0.695. The van der Waals surface area contributed by atoms with Gasteiger partial charge in [0.2, 0.25) is 0 Å². The van der Waals surface area contributed by atoms with E-state index in [-0.39, 0.29) is 6.42 Å². The average molecular weight is 291 g/mol. The number of carbonyl (C=O) groups excluding carboxylic acids is 2. The third-order valence-corrected chi connectivity index (χ3v) is 3.68. The first-order valence-corrected chi connectivity index (χ1v) is 6.54. The van der Waals surface area contributed by atoms with E-state index in [4.69, 9.17) is 4.74 Å². The fraction of sp³-hybridized carbons (Fsp3) is 0.846. The van der Waals surface area contributed by atoms with Crippen LogP contribution < -0.4 is 0 Å². The summed E-state index contributed by atoms with van der Waals surface area (Å²) in [5.41, 5.74) is -0.811. The molecule has 2 rings (SSSR count). The molecule has 2 aliphatic rings. The standard InChI is InChI=1S/C13H19F2NO4/c1-12(2,3)20-11(18)16-8-5-7(6-13(8,14)15)9(16)10(17)19-4/h7-9H,5-6H2,1-4H3/t7-,8?,9-/m0/s1. The lowest BCUT2D eigenvalue weighted by Gasteiger charge is -2.38. The highest BCUT2D eigenvalue weighted by Crippen LogP contribution is 2.51. The number of esters is 1. The van der Waals surface area contributed by atoms with E-state index in [0.29, 0.717) is 0 Å². The number of fused-ring (bicyclic) bond motifs is 2. The number of carbonyl (C=O) groups is 2. The highest BCUT2D eigenvalue weighted by molar-refractivity contribution is 5.83. The number of likely N-dealkylation sites (tertiary alicyclic amines) is 1. The monoisotopic (exact) mass is 291 g/mol. The third-order valence-electron chi connectivity index (χ3n) is 3.68. The molecule has 1 unspecified atom stereocenters. The molecule has 0 spiro atoms. The zero-order valence-electron chi connectivity index (χ0n) is 12.0. The van der Waals surface area contributed by atoms with Crippen molar-refractivity contribution in [2.24, 2.45) is 5.92 Å². The van der Waals surface area contributed by atoms with Crippen molar-refractivity contribution in [3.05, 3.63) is 0 Å². The van der Waals surface area contributed by atoms with E-state index in [1.807, 2.05) is 0 Å². The van der Waals surface area contributed by atoms with Crippen molar-refractivity contribution in [3.63, 3.8) is 0 Å². The number of halogens is 2. The second-order valence-corrected chi connectivity index (χ2v) is 6.33. The van der Waals surface area contributed by atoms with Crippen LogP contribution in [0.5, 0.6) is 0 Å². The number of hydrogen-bond acceptors (Lipinski definition) is 4. The van der Waals surface area contributed by atoms with Crippen LogP contribution >= 0.6 is 0 Å². The fourth-order valence-corrected chi connectivity index (χ4v) is 2.99. The van der Waals surface area contributed by atoms with Gasteiger partial charge in [0, 0.05) is 6.42 Å². The Morgan fingerprint density at radius 1 is 1.30 bits per heavy atom. The first kappa shape index (κ1) is 15.0. The van der Waals surface area contributed by atoms with E-state index in [1.165, 1.54) is 7.11 Å². The molecule has 2 fully saturated rings. The number of ether oxygens (including phenoxy) is 2. The van der Waals surface area contributed by atoms with Gasteiger partial charge in [-0.15, -0.1) is 0 Å². The Morgan fingerprint density at radius 2 is 1.90 bits per heavy atom. The predicted octanol–water partition coefficient (Wildman–Crippen LogP) is 2.19. The molecule has 0 radical (unpaired) electrons. The first-order chi connectivity index (χ1) is 9.07. The second-order valence-electron chi connectivity index (χ2n) is 6.33. The van der Waals surface area contributed by atoms with Gasteiger partial charge in [-0.05, 0) is 33.1 Å². The molecule has 1 heterocycles. The van der Waals surface area contributed by atoms with Crippen LogP contribution in [-0.4, -0.2) is 47.7 Å². The Balaban J connectivity index is 2.26. The van der Waals surface area contributed by atoms with Crippen LogP contribution in [0.3, 0.4) is 0 Å². The molecule has 114 valence electrons. The average Bonchev–Trinajstić information content (AvgIpc) is 2.78. The molecule has 0 aromatic rings. The normalized spacial score (nSPS) is 31.3. The zero-order valence-corrected chi connectivity index (χ0v) is 12.0. The second kappa shape index (κ2) is 4.56. The van der Waals surface area contributed by atoms with Crippen LogP contribution in [0, 0.1) is 5.92 Å². The molecule has 0 aromatic heterocycles. The van der Waals surface area contributed by atoms with Gasteiger partial charge in [-0.25, -0.2) is 18.4 Å². The number of amides is 1. The highest BCUT2D eigenvalue weighted by atomic mass is 19.3. The zero-order chi connectivity index (χ0) is 15.3. The van der Waals surface area contributed by atoms with Gasteiger partial charge < -0.3 is 9.47 Å². The van der Waals surface area contributed by atoms with E-state index in [0.717, 1.165) is 4.90 Å². The van der Waals surface area contributed by atoms with Crippen LogP contribution in [0.4, 0.5) is 13.6 Å². The van der Waals surface area contributed by atoms with Crippen LogP contribution in [0.15, 0.2) is 0 Å². The molecule has 20 heavy (non-hydrogen) atoms. The van der Waals surface area contributed by atoms with Gasteiger partial charge in [0.1, 0.15) is 11.6 Å². The number of methoxy groups -OCH3 is 1. The molecule has 1 saturated carbocycles. The molecule has 5 nitrogen and oxygen atoms in total. The summed E-state index contributed by atoms with van der Waals surface area (Å²) in [4.78, 5) is 24.8. The molecule has 7 heteroatoms. The minimum Gasteiger partial charge on any atom is -0.467 e. The number of alkyl halides is 2. The van der Waals surface area contributed by atoms with E-state index >= 15 is 0 Å². The Labute approximate surface area is 116 Å². The van der Waals surface area contributed by atoms with Crippen molar-refractivity contribution < 1.29 is 27.8 Å². The van der Waals surface area contributed by atoms with Gasteiger partial charge in [-0.3, -0.25) is 4.90 Å². The summed E-state index contributed by atoms with van der Waals surface area (Å²) in [5, 5.41) is 0. The van der Waals surface area contributed by atoms with Gasteiger partial charge in [-0.2, -0.15) is 0 Å². The molecular formula is C13H19F2NO4. The maximum Gasteiger partial charge on any atom is 0.411 e. The molecule has 1 amide bonds. The van der Waals surface area contributed by atoms with Crippen molar-refractivity contribution in [1.82, 2.24) is 4.90 Å². The fourth-order valence-electron chi connectivity index (χ4n) is 2.99. The largest absolute Gasteiger partial charge is 0.467 e. The Hall–Kier alpha value is -1.40. The van der Waals surface area contributed by atoms with E-state index in [2.05, 4.69) is 4.74 Å². The predicted molar refractivity (Wildman–Crippen MR) is 65.3 cm³/mol. The lowest BCUT2D eigenvalue weighted by atomic mass is 9.97. The van der Waals surface area contributed by atoms with Crippen molar-refractivity contribution in [3.8, 4) is 0 Å². The molecule has 0 N–H and O–H groups in total. The molecule has 3 atom stereocenters. The highest BCUT2D eigenvalue weighted by Gasteiger charge is 2.65. The van der Waals surface area contributed by atoms with Crippen LogP contribution in [0.25, 0.3) is 0 Å². The summed E-state index contributed by atoms with van der Waals surface area (Å²) < 4.78 is 37.4. The Bertz CT molecular complexity index is 433. The van der Waals surface area contributed by atoms with Crippen molar-refractivity contribution >= 4 is 12.1 Å². The van der Waals surface area contributed by atoms with Gasteiger partial charge >= 0.3 is 12.1 Å². The molecule has 2 bridgehead atoms. The van der Waals surface area contributed by atoms with Crippen molar-refractivity contribution in [1.29, 1.82) is 0 Å². The molecule has 1 saturated heterocycles. The van der Waals surface area contributed by atoms with Crippen LogP contribution in [0.2, 0.25) is 0 Å². The van der Waals surface area contributed by atoms with Crippen LogP contribution in [0.1, 0.15) is 33.6 Å². The molecule has 0 aromatic carbocycles. The van der Waals surface area contributed by atoms with Gasteiger partial charge in [0.15, 0.2) is 0 Å². The first-order valence-electron chi connectivity index (χ1n) is 6.54. The molecular weight excluding hydrogens is 272 g/mol. The summed E-state index contributed by atoms with van der Waals surface area (Å²) in [6.45, 7) is 4.93. The summed E-state index contributed by atoms with van der Waals surface area (Å²) in [7, 11) is 1.18.